The van der Waals surface area contributed by atoms with Crippen molar-refractivity contribution in [1.82, 2.24) is 9.78 Å². The van der Waals surface area contributed by atoms with Gasteiger partial charge in [0.1, 0.15) is 5.75 Å². The molecule has 1 aliphatic heterocycles. The summed E-state index contributed by atoms with van der Waals surface area (Å²) in [6.45, 7) is 4.08. The molecule has 0 aliphatic carbocycles. The first kappa shape index (κ1) is 13.0. The summed E-state index contributed by atoms with van der Waals surface area (Å²) >= 11 is 0. The number of aryl methyl sites for hydroxylation is 2. The minimum Gasteiger partial charge on any atom is -0.508 e. The Bertz CT molecular complexity index is 867. The molecule has 22 heavy (non-hydrogen) atoms. The molecule has 0 fully saturated rings. The van der Waals surface area contributed by atoms with Crippen LogP contribution < -0.4 is 5.32 Å². The van der Waals surface area contributed by atoms with Crippen molar-refractivity contribution < 1.29 is 5.11 Å². The van der Waals surface area contributed by atoms with Crippen LogP contribution in [0.2, 0.25) is 0 Å². The molecular formula is C18H17N3O. The molecule has 0 spiro atoms. The molecule has 2 aromatic carbocycles. The van der Waals surface area contributed by atoms with Crippen LogP contribution in [0.25, 0.3) is 11.3 Å². The van der Waals surface area contributed by atoms with Gasteiger partial charge in [-0.05, 0) is 31.5 Å². The van der Waals surface area contributed by atoms with Gasteiger partial charge in [0, 0.05) is 16.8 Å². The van der Waals surface area contributed by atoms with Gasteiger partial charge in [0.15, 0.2) is 6.17 Å². The van der Waals surface area contributed by atoms with Crippen molar-refractivity contribution in [2.45, 2.75) is 20.0 Å². The van der Waals surface area contributed by atoms with E-state index in [0.717, 1.165) is 28.2 Å². The van der Waals surface area contributed by atoms with Crippen molar-refractivity contribution in [2.24, 2.45) is 0 Å². The summed E-state index contributed by atoms with van der Waals surface area (Å²) in [6, 6.07) is 15.7. The Morgan fingerprint density at radius 1 is 1.09 bits per heavy atom. The molecule has 110 valence electrons. The first-order valence-electron chi connectivity index (χ1n) is 7.36. The van der Waals surface area contributed by atoms with Crippen LogP contribution in [0.4, 0.5) is 5.69 Å². The van der Waals surface area contributed by atoms with Crippen LogP contribution in [0.3, 0.4) is 0 Å². The average molecular weight is 291 g/mol. The second kappa shape index (κ2) is 4.63. The highest BCUT2D eigenvalue weighted by molar-refractivity contribution is 5.81. The minimum atomic E-state index is -0.210. The van der Waals surface area contributed by atoms with Crippen molar-refractivity contribution >= 4 is 5.69 Å². The number of anilines is 1. The van der Waals surface area contributed by atoms with Gasteiger partial charge in [-0.1, -0.05) is 36.4 Å². The average Bonchev–Trinajstić information content (AvgIpc) is 2.89. The highest BCUT2D eigenvalue weighted by Crippen LogP contribution is 2.41. The second-order valence-corrected chi connectivity index (χ2v) is 5.72. The number of hydrogen-bond donors (Lipinski definition) is 2. The van der Waals surface area contributed by atoms with E-state index in [9.17, 15) is 5.11 Å². The van der Waals surface area contributed by atoms with Crippen LogP contribution in [0.5, 0.6) is 5.75 Å². The van der Waals surface area contributed by atoms with E-state index in [1.165, 1.54) is 5.56 Å². The fourth-order valence-electron chi connectivity index (χ4n) is 3.11. The van der Waals surface area contributed by atoms with Crippen LogP contribution in [-0.2, 0) is 0 Å². The lowest BCUT2D eigenvalue weighted by Gasteiger charge is -2.30. The van der Waals surface area contributed by atoms with Gasteiger partial charge in [0.25, 0.3) is 0 Å². The molecule has 2 N–H and O–H groups in total. The van der Waals surface area contributed by atoms with Gasteiger partial charge in [0.2, 0.25) is 0 Å². The third-order valence-corrected chi connectivity index (χ3v) is 4.16. The largest absolute Gasteiger partial charge is 0.508 e. The molecule has 0 radical (unpaired) electrons. The van der Waals surface area contributed by atoms with Crippen molar-refractivity contribution in [3.05, 3.63) is 65.4 Å². The quantitative estimate of drug-likeness (QED) is 0.716. The number of rotatable bonds is 1. The normalized spacial score (nSPS) is 15.8. The molecule has 2 heterocycles. The number of nitrogens with zero attached hydrogens (tertiary/aromatic N) is 2. The molecule has 4 heteroatoms. The summed E-state index contributed by atoms with van der Waals surface area (Å²) in [4.78, 5) is 0. The van der Waals surface area contributed by atoms with E-state index in [1.807, 2.05) is 29.8 Å². The molecular weight excluding hydrogens is 274 g/mol. The van der Waals surface area contributed by atoms with E-state index < -0.39 is 0 Å². The summed E-state index contributed by atoms with van der Waals surface area (Å²) in [5, 5.41) is 18.4. The third-order valence-electron chi connectivity index (χ3n) is 4.16. The number of phenols is 1. The van der Waals surface area contributed by atoms with Crippen LogP contribution in [0.1, 0.15) is 23.0 Å². The lowest BCUT2D eigenvalue weighted by molar-refractivity contribution is 0.452. The van der Waals surface area contributed by atoms with Gasteiger partial charge in [-0.25, -0.2) is 4.68 Å². The second-order valence-electron chi connectivity index (χ2n) is 5.72. The molecule has 1 atom stereocenters. The number of nitrogens with one attached hydrogen (secondary N) is 1. The van der Waals surface area contributed by atoms with Gasteiger partial charge in [-0.2, -0.15) is 5.10 Å². The predicted octanol–water partition coefficient (Wildman–Crippen LogP) is 3.84. The number of hydrogen-bond acceptors (Lipinski definition) is 3. The van der Waals surface area contributed by atoms with Crippen LogP contribution in [0.15, 0.2) is 48.5 Å². The summed E-state index contributed by atoms with van der Waals surface area (Å²) in [6.07, 6.45) is -0.210. The molecule has 3 aromatic rings. The smallest absolute Gasteiger partial charge is 0.150 e. The van der Waals surface area contributed by atoms with Crippen molar-refractivity contribution in [1.29, 1.82) is 0 Å². The lowest BCUT2D eigenvalue weighted by atomic mass is 10.0. The zero-order chi connectivity index (χ0) is 15.3. The molecule has 0 unspecified atom stereocenters. The Morgan fingerprint density at radius 2 is 1.91 bits per heavy atom. The van der Waals surface area contributed by atoms with E-state index in [4.69, 9.17) is 0 Å². The maximum Gasteiger partial charge on any atom is 0.150 e. The number of para-hydroxylation sites is 2. The fraction of sp³-hybridized carbons (Fsp3) is 0.167. The number of aromatic hydroxyl groups is 1. The molecule has 0 amide bonds. The molecule has 4 rings (SSSR count). The first-order chi connectivity index (χ1) is 10.6. The predicted molar refractivity (Wildman–Crippen MR) is 87.0 cm³/mol. The van der Waals surface area contributed by atoms with E-state index >= 15 is 0 Å². The van der Waals surface area contributed by atoms with Gasteiger partial charge >= 0.3 is 0 Å². The molecule has 1 aliphatic rings. The van der Waals surface area contributed by atoms with Gasteiger partial charge in [-0.15, -0.1) is 0 Å². The number of benzene rings is 2. The van der Waals surface area contributed by atoms with Crippen molar-refractivity contribution in [3.63, 3.8) is 0 Å². The first-order valence-corrected chi connectivity index (χ1v) is 7.36. The van der Waals surface area contributed by atoms with Gasteiger partial charge < -0.3 is 10.4 Å². The lowest BCUT2D eigenvalue weighted by Crippen LogP contribution is -2.26. The number of phenolic OH excluding ortho intramolecular Hbond substituents is 1. The van der Waals surface area contributed by atoms with Crippen LogP contribution >= 0.6 is 0 Å². The molecule has 0 saturated heterocycles. The van der Waals surface area contributed by atoms with Crippen molar-refractivity contribution in [3.8, 4) is 17.0 Å². The summed E-state index contributed by atoms with van der Waals surface area (Å²) < 4.78 is 1.95. The Hall–Kier alpha value is -2.75. The molecule has 0 bridgehead atoms. The number of aromatic nitrogens is 2. The fourth-order valence-corrected chi connectivity index (χ4v) is 3.11. The molecule has 0 saturated carbocycles. The van der Waals surface area contributed by atoms with Crippen molar-refractivity contribution in [2.75, 3.05) is 5.32 Å². The Labute approximate surface area is 129 Å². The Kier molecular flexibility index (Phi) is 2.73. The topological polar surface area (TPSA) is 50.1 Å². The molecule has 4 nitrogen and oxygen atoms in total. The summed E-state index contributed by atoms with van der Waals surface area (Å²) in [5.41, 5.74) is 6.29. The van der Waals surface area contributed by atoms with E-state index in [2.05, 4.69) is 41.6 Å². The van der Waals surface area contributed by atoms with Gasteiger partial charge in [-0.3, -0.25) is 0 Å². The summed E-state index contributed by atoms with van der Waals surface area (Å²) in [5.74, 6) is 0.274. The standard InChI is InChI=1S/C18H17N3O/c1-11-6-5-8-13-15-10-12(2)20-21(15)18(19-17(11)13)14-7-3-4-9-16(14)22/h3-10,18-19,22H,1-2H3/t18-/m0/s1. The van der Waals surface area contributed by atoms with Crippen LogP contribution in [-0.4, -0.2) is 14.9 Å². The highest BCUT2D eigenvalue weighted by atomic mass is 16.3. The third kappa shape index (κ3) is 1.80. The Balaban J connectivity index is 1.97. The van der Waals surface area contributed by atoms with E-state index in [0.29, 0.717) is 0 Å². The zero-order valence-corrected chi connectivity index (χ0v) is 12.5. The maximum absolute atomic E-state index is 10.2. The minimum absolute atomic E-state index is 0.210. The maximum atomic E-state index is 10.2. The molecule has 1 aromatic heterocycles. The number of fused-ring (bicyclic) bond motifs is 3. The zero-order valence-electron chi connectivity index (χ0n) is 12.5. The monoisotopic (exact) mass is 291 g/mol. The Morgan fingerprint density at radius 3 is 2.73 bits per heavy atom. The SMILES string of the molecule is Cc1cc2n(n1)[C@@H](c1ccccc1O)Nc1c(C)cccc1-2. The van der Waals surface area contributed by atoms with Gasteiger partial charge in [0.05, 0.1) is 11.4 Å². The van der Waals surface area contributed by atoms with E-state index in [1.54, 1.807) is 6.07 Å². The van der Waals surface area contributed by atoms with E-state index in [-0.39, 0.29) is 11.9 Å². The highest BCUT2D eigenvalue weighted by Gasteiger charge is 2.28. The van der Waals surface area contributed by atoms with Crippen LogP contribution in [0, 0.1) is 13.8 Å². The summed E-state index contributed by atoms with van der Waals surface area (Å²) in [7, 11) is 0.